The monoisotopic (exact) mass is 548 g/mol. The molecule has 0 bridgehead atoms. The van der Waals surface area contributed by atoms with Gasteiger partial charge < -0.3 is 18.9 Å². The Hall–Kier alpha value is -2.12. The van der Waals surface area contributed by atoms with Gasteiger partial charge in [0.15, 0.2) is 6.10 Å². The summed E-state index contributed by atoms with van der Waals surface area (Å²) >= 11 is 0. The standard InChI is InChI=1S/C31H48O8/c1-17(14-27(29(35)36-7)39-20(4)34)23-8-9-24-28-25(11-13-31(23,24)6)30(5)12-10-22(37-18(2)32)15-21(30)16-26(28)38-19(3)33/h17,21-28H,8-16H2,1-7H3/t17-,21?,22?,23-,24+,25+,26?,27?,28+,30+,31-/m1/s1. The second-order valence-electron chi connectivity index (χ2n) is 13.4. The smallest absolute Gasteiger partial charge is 0.347 e. The summed E-state index contributed by atoms with van der Waals surface area (Å²) in [4.78, 5) is 48.0. The van der Waals surface area contributed by atoms with Gasteiger partial charge in [0.05, 0.1) is 7.11 Å². The summed E-state index contributed by atoms with van der Waals surface area (Å²) in [7, 11) is 1.32. The fourth-order valence-electron chi connectivity index (χ4n) is 9.84. The van der Waals surface area contributed by atoms with Gasteiger partial charge in [0.2, 0.25) is 0 Å². The molecule has 4 aliphatic carbocycles. The Morgan fingerprint density at radius 1 is 0.821 bits per heavy atom. The van der Waals surface area contributed by atoms with Crippen LogP contribution in [0.1, 0.15) is 99.3 Å². The molecule has 0 aliphatic heterocycles. The Morgan fingerprint density at radius 3 is 2.08 bits per heavy atom. The Morgan fingerprint density at radius 2 is 1.46 bits per heavy atom. The van der Waals surface area contributed by atoms with Crippen LogP contribution < -0.4 is 0 Å². The summed E-state index contributed by atoms with van der Waals surface area (Å²) in [5, 5.41) is 0. The summed E-state index contributed by atoms with van der Waals surface area (Å²) in [6, 6.07) is 0. The predicted octanol–water partition coefficient (Wildman–Crippen LogP) is 5.25. The van der Waals surface area contributed by atoms with E-state index in [1.165, 1.54) is 27.9 Å². The third kappa shape index (κ3) is 5.72. The van der Waals surface area contributed by atoms with Crippen LogP contribution in [0.3, 0.4) is 0 Å². The highest BCUT2D eigenvalue weighted by Crippen LogP contribution is 2.69. The lowest BCUT2D eigenvalue weighted by molar-refractivity contribution is -0.197. The molecule has 4 unspecified atom stereocenters. The van der Waals surface area contributed by atoms with Crippen molar-refractivity contribution < 1.29 is 38.1 Å². The molecule has 0 saturated heterocycles. The number of hydrogen-bond donors (Lipinski definition) is 0. The minimum absolute atomic E-state index is 0.0496. The van der Waals surface area contributed by atoms with Crippen molar-refractivity contribution >= 4 is 23.9 Å². The lowest BCUT2D eigenvalue weighted by Gasteiger charge is -2.62. The zero-order valence-corrected chi connectivity index (χ0v) is 24.8. The van der Waals surface area contributed by atoms with Crippen molar-refractivity contribution in [3.05, 3.63) is 0 Å². The maximum absolute atomic E-state index is 12.4. The molecule has 0 N–H and O–H groups in total. The number of fused-ring (bicyclic) bond motifs is 5. The highest BCUT2D eigenvalue weighted by molar-refractivity contribution is 5.78. The minimum atomic E-state index is -0.892. The molecule has 4 rings (SSSR count). The molecule has 0 aromatic carbocycles. The maximum Gasteiger partial charge on any atom is 0.347 e. The van der Waals surface area contributed by atoms with Crippen LogP contribution in [0.5, 0.6) is 0 Å². The van der Waals surface area contributed by atoms with E-state index in [2.05, 4.69) is 20.8 Å². The van der Waals surface area contributed by atoms with Crippen LogP contribution in [0.25, 0.3) is 0 Å². The zero-order valence-electron chi connectivity index (χ0n) is 24.8. The van der Waals surface area contributed by atoms with Crippen LogP contribution in [0, 0.1) is 46.3 Å². The molecular formula is C31H48O8. The summed E-state index contributed by atoms with van der Waals surface area (Å²) in [5.74, 6) is 0.610. The Labute approximate surface area is 233 Å². The summed E-state index contributed by atoms with van der Waals surface area (Å²) < 4.78 is 22.0. The Balaban J connectivity index is 1.58. The number of ether oxygens (including phenoxy) is 4. The van der Waals surface area contributed by atoms with Gasteiger partial charge in [0.25, 0.3) is 0 Å². The van der Waals surface area contributed by atoms with Gasteiger partial charge in [-0.2, -0.15) is 0 Å². The molecule has 11 atom stereocenters. The molecule has 4 fully saturated rings. The van der Waals surface area contributed by atoms with Crippen molar-refractivity contribution in [1.29, 1.82) is 0 Å². The largest absolute Gasteiger partial charge is 0.466 e. The van der Waals surface area contributed by atoms with Crippen LogP contribution in [0.2, 0.25) is 0 Å². The summed E-state index contributed by atoms with van der Waals surface area (Å²) in [6.07, 6.45) is 7.21. The van der Waals surface area contributed by atoms with Gasteiger partial charge in [0.1, 0.15) is 12.2 Å². The van der Waals surface area contributed by atoms with E-state index in [4.69, 9.17) is 18.9 Å². The van der Waals surface area contributed by atoms with E-state index in [0.29, 0.717) is 36.0 Å². The third-order valence-electron chi connectivity index (χ3n) is 11.4. The first-order valence-electron chi connectivity index (χ1n) is 14.9. The van der Waals surface area contributed by atoms with Gasteiger partial charge in [-0.1, -0.05) is 20.8 Å². The molecule has 0 heterocycles. The van der Waals surface area contributed by atoms with E-state index in [0.717, 1.165) is 51.4 Å². The molecule has 220 valence electrons. The Kier molecular flexibility index (Phi) is 8.73. The highest BCUT2D eigenvalue weighted by atomic mass is 16.6. The average Bonchev–Trinajstić information content (AvgIpc) is 3.20. The molecule has 8 heteroatoms. The van der Waals surface area contributed by atoms with Crippen LogP contribution in [-0.2, 0) is 38.1 Å². The predicted molar refractivity (Wildman–Crippen MR) is 143 cm³/mol. The highest BCUT2D eigenvalue weighted by Gasteiger charge is 2.64. The van der Waals surface area contributed by atoms with E-state index in [-0.39, 0.29) is 40.9 Å². The van der Waals surface area contributed by atoms with Crippen LogP contribution in [-0.4, -0.2) is 49.3 Å². The first-order chi connectivity index (χ1) is 18.3. The molecular weight excluding hydrogens is 500 g/mol. The number of hydrogen-bond acceptors (Lipinski definition) is 8. The number of esters is 4. The van der Waals surface area contributed by atoms with Gasteiger partial charge in [-0.05, 0) is 98.2 Å². The first kappa shape index (κ1) is 29.9. The Bertz CT molecular complexity index is 962. The quantitative estimate of drug-likeness (QED) is 0.314. The molecule has 4 saturated carbocycles. The number of carbonyl (C=O) groups is 4. The molecule has 0 amide bonds. The topological polar surface area (TPSA) is 105 Å². The fraction of sp³-hybridized carbons (Fsp3) is 0.871. The van der Waals surface area contributed by atoms with Crippen LogP contribution in [0.15, 0.2) is 0 Å². The molecule has 0 radical (unpaired) electrons. The van der Waals surface area contributed by atoms with Crippen molar-refractivity contribution in [1.82, 2.24) is 0 Å². The van der Waals surface area contributed by atoms with Crippen molar-refractivity contribution in [2.45, 2.75) is 118 Å². The maximum atomic E-state index is 12.4. The average molecular weight is 549 g/mol. The normalized spacial score (nSPS) is 40.6. The molecule has 39 heavy (non-hydrogen) atoms. The zero-order chi connectivity index (χ0) is 28.7. The van der Waals surface area contributed by atoms with E-state index >= 15 is 0 Å². The van der Waals surface area contributed by atoms with Gasteiger partial charge in [0, 0.05) is 26.7 Å². The van der Waals surface area contributed by atoms with E-state index < -0.39 is 18.0 Å². The van der Waals surface area contributed by atoms with Crippen molar-refractivity contribution in [2.75, 3.05) is 7.11 Å². The lowest BCUT2D eigenvalue weighted by atomic mass is 9.43. The van der Waals surface area contributed by atoms with Gasteiger partial charge >= 0.3 is 23.9 Å². The van der Waals surface area contributed by atoms with E-state index in [1.807, 2.05) is 0 Å². The van der Waals surface area contributed by atoms with E-state index in [1.54, 1.807) is 0 Å². The van der Waals surface area contributed by atoms with Crippen LogP contribution >= 0.6 is 0 Å². The van der Waals surface area contributed by atoms with Gasteiger partial charge in [-0.25, -0.2) is 4.79 Å². The molecule has 4 aliphatic rings. The third-order valence-corrected chi connectivity index (χ3v) is 11.4. The van der Waals surface area contributed by atoms with Crippen molar-refractivity contribution in [2.24, 2.45) is 46.3 Å². The second kappa shape index (κ2) is 11.4. The summed E-state index contributed by atoms with van der Waals surface area (Å²) in [5.41, 5.74) is 0.183. The first-order valence-corrected chi connectivity index (χ1v) is 14.9. The SMILES string of the molecule is COC(=O)C(C[C@@H](C)[C@H]1CC[C@H]2[C@@H]3C(OC(C)=O)CC4CC(OC(C)=O)CC[C@]4(C)[C@H]3CC[C@]12C)OC(C)=O. The minimum Gasteiger partial charge on any atom is -0.466 e. The molecule has 0 aromatic rings. The summed E-state index contributed by atoms with van der Waals surface area (Å²) in [6.45, 7) is 11.3. The van der Waals surface area contributed by atoms with E-state index in [9.17, 15) is 19.2 Å². The number of rotatable bonds is 7. The fourth-order valence-corrected chi connectivity index (χ4v) is 9.84. The number of methoxy groups -OCH3 is 1. The molecule has 0 aromatic heterocycles. The second-order valence-corrected chi connectivity index (χ2v) is 13.4. The van der Waals surface area contributed by atoms with Crippen molar-refractivity contribution in [3.8, 4) is 0 Å². The van der Waals surface area contributed by atoms with Gasteiger partial charge in [-0.15, -0.1) is 0 Å². The number of carbonyl (C=O) groups excluding carboxylic acids is 4. The molecule has 0 spiro atoms. The molecule has 8 nitrogen and oxygen atoms in total. The lowest BCUT2D eigenvalue weighted by Crippen LogP contribution is -2.59. The van der Waals surface area contributed by atoms with Gasteiger partial charge in [-0.3, -0.25) is 14.4 Å². The van der Waals surface area contributed by atoms with Crippen LogP contribution in [0.4, 0.5) is 0 Å². The van der Waals surface area contributed by atoms with Crippen molar-refractivity contribution in [3.63, 3.8) is 0 Å².